The van der Waals surface area contributed by atoms with E-state index in [0.29, 0.717) is 6.61 Å². The van der Waals surface area contributed by atoms with E-state index in [9.17, 15) is 4.79 Å². The van der Waals surface area contributed by atoms with Gasteiger partial charge in [0.25, 0.3) is 0 Å². The molecule has 0 amide bonds. The van der Waals surface area contributed by atoms with E-state index < -0.39 is 8.32 Å². The number of nitrogens with zero attached hydrogens (tertiary/aromatic N) is 2. The van der Waals surface area contributed by atoms with Crippen LogP contribution in [0.5, 0.6) is 0 Å². The summed E-state index contributed by atoms with van der Waals surface area (Å²) in [5.41, 5.74) is 1.79. The average molecular weight is 298 g/mol. The molecule has 1 aromatic rings. The Bertz CT molecular complexity index is 475. The number of aromatic nitrogens is 2. The van der Waals surface area contributed by atoms with Crippen LogP contribution >= 0.6 is 0 Å². The lowest BCUT2D eigenvalue weighted by Gasteiger charge is -2.35. The molecule has 0 radical (unpaired) electrons. The van der Waals surface area contributed by atoms with Crippen molar-refractivity contribution < 1.29 is 14.0 Å². The average Bonchev–Trinajstić information content (AvgIpc) is 2.66. The summed E-state index contributed by atoms with van der Waals surface area (Å²) in [7, 11) is -0.398. The molecule has 114 valence electrons. The van der Waals surface area contributed by atoms with Gasteiger partial charge in [0, 0.05) is 5.69 Å². The van der Waals surface area contributed by atoms with E-state index in [-0.39, 0.29) is 17.6 Å². The van der Waals surface area contributed by atoms with E-state index in [1.54, 1.807) is 4.68 Å². The highest BCUT2D eigenvalue weighted by Gasteiger charge is 2.37. The molecule has 0 N–H and O–H groups in total. The molecule has 0 aliphatic rings. The molecule has 5 nitrogen and oxygen atoms in total. The molecule has 0 unspecified atom stereocenters. The molecule has 0 bridgehead atoms. The highest BCUT2D eigenvalue weighted by Crippen LogP contribution is 2.36. The summed E-state index contributed by atoms with van der Waals surface area (Å²) in [5.74, 6) is -0.298. The molecule has 0 aromatic carbocycles. The maximum atomic E-state index is 11.3. The van der Waals surface area contributed by atoms with Crippen LogP contribution < -0.4 is 0 Å². The molecule has 0 aliphatic heterocycles. The van der Waals surface area contributed by atoms with Crippen LogP contribution in [0.3, 0.4) is 0 Å². The predicted octanol–water partition coefficient (Wildman–Crippen LogP) is 2.89. The highest BCUT2D eigenvalue weighted by atomic mass is 28.4. The van der Waals surface area contributed by atoms with Crippen LogP contribution in [0, 0.1) is 6.92 Å². The fraction of sp³-hybridized carbons (Fsp3) is 0.714. The Morgan fingerprint density at radius 2 is 2.00 bits per heavy atom. The van der Waals surface area contributed by atoms with Crippen molar-refractivity contribution in [1.29, 1.82) is 0 Å². The number of aryl methyl sites for hydroxylation is 1. The Morgan fingerprint density at radius 3 is 2.50 bits per heavy atom. The zero-order valence-electron chi connectivity index (χ0n) is 13.6. The number of ether oxygens (including phenoxy) is 1. The fourth-order valence-corrected chi connectivity index (χ4v) is 2.41. The maximum absolute atomic E-state index is 11.3. The lowest BCUT2D eigenvalue weighted by Crippen LogP contribution is -2.40. The van der Waals surface area contributed by atoms with E-state index in [1.807, 2.05) is 13.0 Å². The van der Waals surface area contributed by atoms with Crippen molar-refractivity contribution in [2.45, 2.75) is 59.0 Å². The summed E-state index contributed by atoms with van der Waals surface area (Å²) in [4.78, 5) is 11.3. The molecule has 0 aliphatic carbocycles. The lowest BCUT2D eigenvalue weighted by molar-refractivity contribution is -0.141. The number of rotatable bonds is 5. The number of esters is 1. The Balaban J connectivity index is 2.71. The van der Waals surface area contributed by atoms with Gasteiger partial charge in [-0.15, -0.1) is 0 Å². The standard InChI is InChI=1S/C14H26N2O3Si/c1-11-8-12(15-16(11)9-13(17)18-5)10-19-20(6,7)14(2,3)4/h8H,9-10H2,1-7H3. The van der Waals surface area contributed by atoms with Gasteiger partial charge in [-0.1, -0.05) is 20.8 Å². The second-order valence-electron chi connectivity index (χ2n) is 6.56. The molecule has 0 fully saturated rings. The first-order valence-electron chi connectivity index (χ1n) is 6.81. The summed E-state index contributed by atoms with van der Waals surface area (Å²) in [6.07, 6.45) is 0. The van der Waals surface area contributed by atoms with Crippen LogP contribution in [-0.4, -0.2) is 31.2 Å². The number of methoxy groups -OCH3 is 1. The van der Waals surface area contributed by atoms with Crippen molar-refractivity contribution in [3.8, 4) is 0 Å². The van der Waals surface area contributed by atoms with Gasteiger partial charge in [-0.2, -0.15) is 5.10 Å². The summed E-state index contributed by atoms with van der Waals surface area (Å²) in [6, 6.07) is 1.95. The first-order valence-corrected chi connectivity index (χ1v) is 9.72. The Morgan fingerprint density at radius 1 is 1.40 bits per heavy atom. The third-order valence-corrected chi connectivity index (χ3v) is 8.40. The number of carbonyl (C=O) groups excluding carboxylic acids is 1. The lowest BCUT2D eigenvalue weighted by atomic mass is 10.2. The second kappa shape index (κ2) is 6.09. The smallest absolute Gasteiger partial charge is 0.327 e. The van der Waals surface area contributed by atoms with E-state index in [1.165, 1.54) is 7.11 Å². The minimum absolute atomic E-state index is 0.141. The van der Waals surface area contributed by atoms with E-state index in [0.717, 1.165) is 11.4 Å². The Kier molecular flexibility index (Phi) is 5.15. The molecular formula is C14H26N2O3Si. The molecule has 6 heteroatoms. The summed E-state index contributed by atoms with van der Waals surface area (Å²) in [6.45, 7) is 13.6. The first kappa shape index (κ1) is 16.9. The van der Waals surface area contributed by atoms with Gasteiger partial charge in [0.2, 0.25) is 0 Å². The van der Waals surface area contributed by atoms with Crippen molar-refractivity contribution >= 4 is 14.3 Å². The quantitative estimate of drug-likeness (QED) is 0.619. The zero-order valence-corrected chi connectivity index (χ0v) is 14.6. The van der Waals surface area contributed by atoms with Crippen molar-refractivity contribution in [2.75, 3.05) is 7.11 Å². The Labute approximate surface area is 122 Å². The largest absolute Gasteiger partial charge is 0.468 e. The van der Waals surface area contributed by atoms with E-state index in [4.69, 9.17) is 4.43 Å². The predicted molar refractivity (Wildman–Crippen MR) is 81.0 cm³/mol. The van der Waals surface area contributed by atoms with E-state index in [2.05, 4.69) is 43.7 Å². The van der Waals surface area contributed by atoms with Crippen LogP contribution in [0.25, 0.3) is 0 Å². The molecular weight excluding hydrogens is 272 g/mol. The highest BCUT2D eigenvalue weighted by molar-refractivity contribution is 6.74. The van der Waals surface area contributed by atoms with Crippen molar-refractivity contribution in [1.82, 2.24) is 9.78 Å². The fourth-order valence-electron chi connectivity index (χ4n) is 1.47. The van der Waals surface area contributed by atoms with Gasteiger partial charge in [0.15, 0.2) is 8.32 Å². The van der Waals surface area contributed by atoms with Gasteiger partial charge < -0.3 is 9.16 Å². The van der Waals surface area contributed by atoms with Crippen molar-refractivity contribution in [3.05, 3.63) is 17.5 Å². The maximum Gasteiger partial charge on any atom is 0.327 e. The monoisotopic (exact) mass is 298 g/mol. The minimum Gasteiger partial charge on any atom is -0.468 e. The number of carbonyl (C=O) groups is 1. The second-order valence-corrected chi connectivity index (χ2v) is 11.4. The molecule has 1 heterocycles. The van der Waals surface area contributed by atoms with Gasteiger partial charge in [-0.3, -0.25) is 9.48 Å². The van der Waals surface area contributed by atoms with Crippen LogP contribution in [0.15, 0.2) is 6.07 Å². The van der Waals surface area contributed by atoms with Crippen LogP contribution in [-0.2, 0) is 27.1 Å². The zero-order chi connectivity index (χ0) is 15.6. The van der Waals surface area contributed by atoms with Crippen LogP contribution in [0.2, 0.25) is 18.1 Å². The topological polar surface area (TPSA) is 53.4 Å². The summed E-state index contributed by atoms with van der Waals surface area (Å²) >= 11 is 0. The summed E-state index contributed by atoms with van der Waals surface area (Å²) in [5, 5.41) is 4.57. The number of hydrogen-bond donors (Lipinski definition) is 0. The third-order valence-electron chi connectivity index (χ3n) is 3.93. The molecule has 0 spiro atoms. The molecule has 0 saturated carbocycles. The Hall–Kier alpha value is -1.14. The number of hydrogen-bond acceptors (Lipinski definition) is 4. The normalized spacial score (nSPS) is 12.6. The first-order chi connectivity index (χ1) is 9.06. The van der Waals surface area contributed by atoms with Gasteiger partial charge in [-0.05, 0) is 31.1 Å². The van der Waals surface area contributed by atoms with Gasteiger partial charge >= 0.3 is 5.97 Å². The van der Waals surface area contributed by atoms with Crippen LogP contribution in [0.4, 0.5) is 0 Å². The SMILES string of the molecule is COC(=O)Cn1nc(CO[Si](C)(C)C(C)(C)C)cc1C. The molecule has 0 saturated heterocycles. The van der Waals surface area contributed by atoms with E-state index >= 15 is 0 Å². The minimum atomic E-state index is -1.78. The van der Waals surface area contributed by atoms with Gasteiger partial charge in [0.1, 0.15) is 6.54 Å². The van der Waals surface area contributed by atoms with Crippen LogP contribution in [0.1, 0.15) is 32.2 Å². The molecule has 20 heavy (non-hydrogen) atoms. The molecule has 0 atom stereocenters. The summed E-state index contributed by atoms with van der Waals surface area (Å²) < 4.78 is 12.4. The van der Waals surface area contributed by atoms with Crippen molar-refractivity contribution in [3.63, 3.8) is 0 Å². The van der Waals surface area contributed by atoms with Gasteiger partial charge in [-0.25, -0.2) is 0 Å². The molecule has 1 aromatic heterocycles. The molecule has 1 rings (SSSR count). The third kappa shape index (κ3) is 4.18. The van der Waals surface area contributed by atoms with Gasteiger partial charge in [0.05, 0.1) is 19.4 Å². The van der Waals surface area contributed by atoms with Crippen molar-refractivity contribution in [2.24, 2.45) is 0 Å².